The largest absolute Gasteiger partial charge is 0.331 e. The Kier molecular flexibility index (Phi) is 3.72. The quantitative estimate of drug-likeness (QED) is 0.889. The molecule has 96 valence electrons. The molecule has 0 spiro atoms. The molecule has 0 aliphatic carbocycles. The fraction of sp³-hybridized carbons (Fsp3) is 0.462. The summed E-state index contributed by atoms with van der Waals surface area (Å²) in [5, 5.41) is 3.31. The van der Waals surface area contributed by atoms with Gasteiger partial charge in [0.1, 0.15) is 5.69 Å². The van der Waals surface area contributed by atoms with Gasteiger partial charge in [-0.15, -0.1) is 0 Å². The highest BCUT2D eigenvalue weighted by molar-refractivity contribution is 5.49. The van der Waals surface area contributed by atoms with Gasteiger partial charge >= 0.3 is 0 Å². The monoisotopic (exact) mass is 245 g/mol. The minimum Gasteiger partial charge on any atom is -0.331 e. The minimum atomic E-state index is 0.741. The van der Waals surface area contributed by atoms with E-state index in [1.54, 1.807) is 12.5 Å². The lowest BCUT2D eigenvalue weighted by molar-refractivity contribution is 0.710. The summed E-state index contributed by atoms with van der Waals surface area (Å²) in [6, 6.07) is 0. The average Bonchev–Trinajstić information content (AvgIpc) is 2.74. The van der Waals surface area contributed by atoms with E-state index in [0.29, 0.717) is 0 Å². The number of hydrogen-bond acceptors (Lipinski definition) is 4. The van der Waals surface area contributed by atoms with E-state index in [-0.39, 0.29) is 0 Å². The van der Waals surface area contributed by atoms with E-state index in [2.05, 4.69) is 27.2 Å². The summed E-state index contributed by atoms with van der Waals surface area (Å²) in [6.07, 6.45) is 3.55. The van der Waals surface area contributed by atoms with Crippen LogP contribution in [-0.4, -0.2) is 26.1 Å². The van der Waals surface area contributed by atoms with Crippen LogP contribution in [0.1, 0.15) is 23.9 Å². The first kappa shape index (κ1) is 12.7. The maximum atomic E-state index is 4.58. The van der Waals surface area contributed by atoms with Crippen LogP contribution in [0.15, 0.2) is 12.5 Å². The van der Waals surface area contributed by atoms with Crippen molar-refractivity contribution in [1.82, 2.24) is 24.8 Å². The average molecular weight is 245 g/mol. The van der Waals surface area contributed by atoms with E-state index < -0.39 is 0 Å². The predicted molar refractivity (Wildman–Crippen MR) is 71.1 cm³/mol. The number of hydrogen-bond donors (Lipinski definition) is 1. The van der Waals surface area contributed by atoms with Crippen LogP contribution in [0.3, 0.4) is 0 Å². The lowest BCUT2D eigenvalue weighted by Gasteiger charge is -2.11. The molecule has 2 aromatic heterocycles. The summed E-state index contributed by atoms with van der Waals surface area (Å²) < 4.78 is 1.93. The van der Waals surface area contributed by atoms with E-state index in [9.17, 15) is 0 Å². The van der Waals surface area contributed by atoms with Gasteiger partial charge in [0, 0.05) is 30.5 Å². The van der Waals surface area contributed by atoms with Gasteiger partial charge in [-0.1, -0.05) is 6.92 Å². The third-order valence-corrected chi connectivity index (χ3v) is 3.02. The Morgan fingerprint density at radius 1 is 1.22 bits per heavy atom. The molecule has 2 aromatic rings. The Bertz CT molecular complexity index is 521. The van der Waals surface area contributed by atoms with E-state index in [4.69, 9.17) is 0 Å². The zero-order chi connectivity index (χ0) is 13.1. The molecule has 0 unspecified atom stereocenters. The van der Waals surface area contributed by atoms with Crippen LogP contribution in [-0.2, 0) is 13.6 Å². The van der Waals surface area contributed by atoms with Gasteiger partial charge in [0.05, 0.1) is 12.5 Å². The number of aromatic nitrogens is 4. The van der Waals surface area contributed by atoms with Crippen molar-refractivity contribution in [2.24, 2.45) is 7.05 Å². The van der Waals surface area contributed by atoms with Crippen LogP contribution >= 0.6 is 0 Å². The molecule has 0 aromatic carbocycles. The summed E-state index contributed by atoms with van der Waals surface area (Å²) >= 11 is 0. The Morgan fingerprint density at radius 3 is 2.39 bits per heavy atom. The predicted octanol–water partition coefficient (Wildman–Crippen LogP) is 1.60. The summed E-state index contributed by atoms with van der Waals surface area (Å²) in [5.74, 6) is 0.741. The molecule has 5 nitrogen and oxygen atoms in total. The molecule has 2 rings (SSSR count). The number of imidazole rings is 1. The van der Waals surface area contributed by atoms with Crippen molar-refractivity contribution in [3.8, 4) is 11.5 Å². The third kappa shape index (κ3) is 2.41. The standard InChI is InChI=1S/C13H19N5/c1-5-14-6-11-9(2)16-13(17-10(11)3)12-7-15-8-18(12)4/h7-8,14H,5-6H2,1-4H3. The zero-order valence-electron chi connectivity index (χ0n) is 11.4. The number of nitrogens with zero attached hydrogens (tertiary/aromatic N) is 4. The number of rotatable bonds is 4. The fourth-order valence-corrected chi connectivity index (χ4v) is 1.93. The molecular formula is C13H19N5. The molecule has 0 fully saturated rings. The van der Waals surface area contributed by atoms with Gasteiger partial charge in [0.2, 0.25) is 0 Å². The second-order valence-corrected chi connectivity index (χ2v) is 4.37. The maximum Gasteiger partial charge on any atom is 0.178 e. The SMILES string of the molecule is CCNCc1c(C)nc(-c2cncn2C)nc1C. The summed E-state index contributed by atoms with van der Waals surface area (Å²) in [6.45, 7) is 7.92. The molecule has 0 aliphatic rings. The van der Waals surface area contributed by atoms with Crippen molar-refractivity contribution in [2.45, 2.75) is 27.3 Å². The second-order valence-electron chi connectivity index (χ2n) is 4.37. The molecule has 5 heteroatoms. The Hall–Kier alpha value is -1.75. The first-order valence-corrected chi connectivity index (χ1v) is 6.15. The van der Waals surface area contributed by atoms with Gasteiger partial charge in [0.25, 0.3) is 0 Å². The lowest BCUT2D eigenvalue weighted by atomic mass is 10.1. The molecule has 0 saturated heterocycles. The first-order valence-electron chi connectivity index (χ1n) is 6.15. The molecular weight excluding hydrogens is 226 g/mol. The van der Waals surface area contributed by atoms with Crippen LogP contribution in [0, 0.1) is 13.8 Å². The van der Waals surface area contributed by atoms with Crippen LogP contribution in [0.25, 0.3) is 11.5 Å². The number of nitrogens with one attached hydrogen (secondary N) is 1. The first-order chi connectivity index (χ1) is 8.63. The fourth-order valence-electron chi connectivity index (χ4n) is 1.93. The van der Waals surface area contributed by atoms with E-state index in [1.165, 1.54) is 5.56 Å². The highest BCUT2D eigenvalue weighted by atomic mass is 15.1. The number of aryl methyl sites for hydroxylation is 3. The van der Waals surface area contributed by atoms with Crippen molar-refractivity contribution in [1.29, 1.82) is 0 Å². The van der Waals surface area contributed by atoms with E-state index >= 15 is 0 Å². The highest BCUT2D eigenvalue weighted by Crippen LogP contribution is 2.17. The van der Waals surface area contributed by atoms with Crippen LogP contribution in [0.2, 0.25) is 0 Å². The maximum absolute atomic E-state index is 4.58. The summed E-state index contributed by atoms with van der Waals surface area (Å²) in [5.41, 5.74) is 4.18. The third-order valence-electron chi connectivity index (χ3n) is 3.02. The van der Waals surface area contributed by atoms with Crippen LogP contribution in [0.5, 0.6) is 0 Å². The van der Waals surface area contributed by atoms with Crippen molar-refractivity contribution in [3.05, 3.63) is 29.5 Å². The Labute approximate surface area is 107 Å². The molecule has 2 heterocycles. The molecule has 0 radical (unpaired) electrons. The minimum absolute atomic E-state index is 0.741. The normalized spacial score (nSPS) is 10.9. The van der Waals surface area contributed by atoms with Crippen molar-refractivity contribution >= 4 is 0 Å². The van der Waals surface area contributed by atoms with Crippen LogP contribution in [0.4, 0.5) is 0 Å². The molecule has 0 atom stereocenters. The second kappa shape index (κ2) is 5.27. The van der Waals surface area contributed by atoms with Gasteiger partial charge in [-0.3, -0.25) is 0 Å². The van der Waals surface area contributed by atoms with Gasteiger partial charge in [0.15, 0.2) is 5.82 Å². The summed E-state index contributed by atoms with van der Waals surface area (Å²) in [7, 11) is 1.95. The topological polar surface area (TPSA) is 55.6 Å². The highest BCUT2D eigenvalue weighted by Gasteiger charge is 2.11. The molecule has 1 N–H and O–H groups in total. The van der Waals surface area contributed by atoms with Crippen molar-refractivity contribution in [2.75, 3.05) is 6.54 Å². The van der Waals surface area contributed by atoms with Crippen molar-refractivity contribution < 1.29 is 0 Å². The molecule has 0 amide bonds. The van der Waals surface area contributed by atoms with Crippen LogP contribution < -0.4 is 5.32 Å². The van der Waals surface area contributed by atoms with Gasteiger partial charge in [-0.2, -0.15) is 0 Å². The molecule has 0 aliphatic heterocycles. The Morgan fingerprint density at radius 2 is 1.89 bits per heavy atom. The van der Waals surface area contributed by atoms with Crippen molar-refractivity contribution in [3.63, 3.8) is 0 Å². The van der Waals surface area contributed by atoms with E-state index in [1.807, 2.05) is 25.5 Å². The van der Waals surface area contributed by atoms with Gasteiger partial charge in [-0.25, -0.2) is 15.0 Å². The lowest BCUT2D eigenvalue weighted by Crippen LogP contribution is -2.15. The van der Waals surface area contributed by atoms with Gasteiger partial charge in [-0.05, 0) is 20.4 Å². The smallest absolute Gasteiger partial charge is 0.178 e. The van der Waals surface area contributed by atoms with E-state index in [0.717, 1.165) is 36.0 Å². The molecule has 18 heavy (non-hydrogen) atoms. The zero-order valence-corrected chi connectivity index (χ0v) is 11.4. The molecule has 0 saturated carbocycles. The summed E-state index contributed by atoms with van der Waals surface area (Å²) in [4.78, 5) is 13.3. The van der Waals surface area contributed by atoms with Gasteiger partial charge < -0.3 is 9.88 Å². The molecule has 0 bridgehead atoms. The Balaban J connectivity index is 2.39.